The van der Waals surface area contributed by atoms with Gasteiger partial charge in [-0.1, -0.05) is 24.3 Å². The Kier molecular flexibility index (Phi) is 4.49. The summed E-state index contributed by atoms with van der Waals surface area (Å²) in [5, 5.41) is 8.71. The molecule has 0 aliphatic heterocycles. The lowest BCUT2D eigenvalue weighted by atomic mass is 9.97. The standard InChI is InChI=1S/C16H14F3NO3/c1-9-4-2-3-5-10(9)11-6-12(16(17,18)19)13(20)7-14(11)23-8-15(21)22/h2-7H,8,20H2,1H3,(H,21,22). The predicted octanol–water partition coefficient (Wildman–Crippen LogP) is 3.73. The summed E-state index contributed by atoms with van der Waals surface area (Å²) in [5.41, 5.74) is 5.33. The average molecular weight is 325 g/mol. The maximum absolute atomic E-state index is 13.1. The summed E-state index contributed by atoms with van der Waals surface area (Å²) in [6.07, 6.45) is -4.62. The van der Waals surface area contributed by atoms with E-state index in [1.54, 1.807) is 31.2 Å². The third kappa shape index (κ3) is 3.74. The zero-order chi connectivity index (χ0) is 17.2. The highest BCUT2D eigenvalue weighted by Gasteiger charge is 2.34. The second-order valence-electron chi connectivity index (χ2n) is 4.93. The summed E-state index contributed by atoms with van der Waals surface area (Å²) in [6, 6.07) is 8.68. The Labute approximate surface area is 130 Å². The minimum absolute atomic E-state index is 0.00722. The van der Waals surface area contributed by atoms with Gasteiger partial charge in [-0.2, -0.15) is 13.2 Å². The number of halogens is 3. The van der Waals surface area contributed by atoms with Crippen molar-refractivity contribution in [3.05, 3.63) is 47.5 Å². The molecular formula is C16H14F3NO3. The van der Waals surface area contributed by atoms with Gasteiger partial charge in [-0.05, 0) is 24.1 Å². The van der Waals surface area contributed by atoms with Crippen LogP contribution in [0.1, 0.15) is 11.1 Å². The first kappa shape index (κ1) is 16.7. The van der Waals surface area contributed by atoms with Crippen LogP contribution < -0.4 is 10.5 Å². The van der Waals surface area contributed by atoms with Gasteiger partial charge in [0.1, 0.15) is 5.75 Å². The van der Waals surface area contributed by atoms with E-state index in [1.165, 1.54) is 0 Å². The number of anilines is 1. The van der Waals surface area contributed by atoms with E-state index in [0.717, 1.165) is 17.7 Å². The van der Waals surface area contributed by atoms with E-state index < -0.39 is 30.0 Å². The van der Waals surface area contributed by atoms with Crippen LogP contribution in [0, 0.1) is 6.92 Å². The molecule has 0 spiro atoms. The lowest BCUT2D eigenvalue weighted by Gasteiger charge is -2.17. The van der Waals surface area contributed by atoms with Crippen LogP contribution in [0.25, 0.3) is 11.1 Å². The monoisotopic (exact) mass is 325 g/mol. The number of nitrogens with two attached hydrogens (primary N) is 1. The van der Waals surface area contributed by atoms with Gasteiger partial charge in [-0.3, -0.25) is 0 Å². The van der Waals surface area contributed by atoms with Crippen LogP contribution in [0.4, 0.5) is 18.9 Å². The number of benzene rings is 2. The number of carboxylic acids is 1. The van der Waals surface area contributed by atoms with Crippen molar-refractivity contribution in [3.63, 3.8) is 0 Å². The van der Waals surface area contributed by atoms with Crippen molar-refractivity contribution < 1.29 is 27.8 Å². The van der Waals surface area contributed by atoms with Crippen molar-refractivity contribution in [2.75, 3.05) is 12.3 Å². The lowest BCUT2D eigenvalue weighted by molar-refractivity contribution is -0.139. The van der Waals surface area contributed by atoms with Crippen LogP contribution in [0.3, 0.4) is 0 Å². The first-order valence-electron chi connectivity index (χ1n) is 6.61. The molecule has 0 aliphatic rings. The summed E-state index contributed by atoms with van der Waals surface area (Å²) in [7, 11) is 0. The molecule has 4 nitrogen and oxygen atoms in total. The van der Waals surface area contributed by atoms with Gasteiger partial charge in [0.05, 0.1) is 5.56 Å². The largest absolute Gasteiger partial charge is 0.481 e. The average Bonchev–Trinajstić information content (AvgIpc) is 2.44. The minimum Gasteiger partial charge on any atom is -0.481 e. The lowest BCUT2D eigenvalue weighted by Crippen LogP contribution is -2.13. The van der Waals surface area contributed by atoms with Crippen molar-refractivity contribution in [2.24, 2.45) is 0 Å². The third-order valence-electron chi connectivity index (χ3n) is 3.24. The highest BCUT2D eigenvalue weighted by atomic mass is 19.4. The van der Waals surface area contributed by atoms with Crippen molar-refractivity contribution in [1.82, 2.24) is 0 Å². The smallest absolute Gasteiger partial charge is 0.418 e. The van der Waals surface area contributed by atoms with Crippen molar-refractivity contribution in [3.8, 4) is 16.9 Å². The minimum atomic E-state index is -4.62. The topological polar surface area (TPSA) is 72.5 Å². The van der Waals surface area contributed by atoms with E-state index in [0.29, 0.717) is 5.56 Å². The summed E-state index contributed by atoms with van der Waals surface area (Å²) >= 11 is 0. The number of aryl methyl sites for hydroxylation is 1. The van der Waals surface area contributed by atoms with Gasteiger partial charge in [0.15, 0.2) is 6.61 Å². The molecule has 7 heteroatoms. The van der Waals surface area contributed by atoms with E-state index in [4.69, 9.17) is 15.6 Å². The van der Waals surface area contributed by atoms with E-state index in [2.05, 4.69) is 0 Å². The van der Waals surface area contributed by atoms with Gasteiger partial charge in [-0.25, -0.2) is 4.79 Å². The molecule has 0 bridgehead atoms. The number of ether oxygens (including phenoxy) is 1. The number of carbonyl (C=O) groups is 1. The maximum Gasteiger partial charge on any atom is 0.418 e. The summed E-state index contributed by atoms with van der Waals surface area (Å²) in [5.74, 6) is -1.24. The molecule has 0 aromatic heterocycles. The number of nitrogen functional groups attached to an aromatic ring is 1. The van der Waals surface area contributed by atoms with Gasteiger partial charge in [0.25, 0.3) is 0 Å². The summed E-state index contributed by atoms with van der Waals surface area (Å²) < 4.78 is 44.3. The fourth-order valence-corrected chi connectivity index (χ4v) is 2.19. The van der Waals surface area contributed by atoms with Gasteiger partial charge >= 0.3 is 12.1 Å². The quantitative estimate of drug-likeness (QED) is 0.840. The molecule has 23 heavy (non-hydrogen) atoms. The van der Waals surface area contributed by atoms with Crippen LogP contribution in [-0.2, 0) is 11.0 Å². The Hall–Kier alpha value is -2.70. The zero-order valence-electron chi connectivity index (χ0n) is 12.1. The van der Waals surface area contributed by atoms with Crippen molar-refractivity contribution in [1.29, 1.82) is 0 Å². The van der Waals surface area contributed by atoms with E-state index in [9.17, 15) is 18.0 Å². The summed E-state index contributed by atoms with van der Waals surface area (Å²) in [4.78, 5) is 10.7. The van der Waals surface area contributed by atoms with Crippen LogP contribution in [-0.4, -0.2) is 17.7 Å². The highest BCUT2D eigenvalue weighted by molar-refractivity contribution is 5.78. The van der Waals surface area contributed by atoms with Crippen LogP contribution in [0.15, 0.2) is 36.4 Å². The van der Waals surface area contributed by atoms with Gasteiger partial charge < -0.3 is 15.6 Å². The molecule has 0 unspecified atom stereocenters. The molecule has 0 fully saturated rings. The van der Waals surface area contributed by atoms with Crippen molar-refractivity contribution >= 4 is 11.7 Å². The Bertz CT molecular complexity index is 742. The molecule has 0 radical (unpaired) electrons. The molecule has 0 amide bonds. The van der Waals surface area contributed by atoms with Gasteiger partial charge in [0.2, 0.25) is 0 Å². The molecule has 3 N–H and O–H groups in total. The fraction of sp³-hybridized carbons (Fsp3) is 0.188. The Morgan fingerprint density at radius 2 is 1.87 bits per heavy atom. The highest BCUT2D eigenvalue weighted by Crippen LogP contribution is 2.41. The number of hydrogen-bond acceptors (Lipinski definition) is 3. The molecule has 0 heterocycles. The Morgan fingerprint density at radius 1 is 1.22 bits per heavy atom. The molecule has 2 rings (SSSR count). The van der Waals surface area contributed by atoms with Crippen LogP contribution in [0.5, 0.6) is 5.75 Å². The predicted molar refractivity (Wildman–Crippen MR) is 79.2 cm³/mol. The van der Waals surface area contributed by atoms with Crippen molar-refractivity contribution in [2.45, 2.75) is 13.1 Å². The van der Waals surface area contributed by atoms with Gasteiger partial charge in [0, 0.05) is 17.3 Å². The number of alkyl halides is 3. The second-order valence-corrected chi connectivity index (χ2v) is 4.93. The first-order valence-corrected chi connectivity index (χ1v) is 6.61. The van der Waals surface area contributed by atoms with Crippen LogP contribution in [0.2, 0.25) is 0 Å². The molecule has 0 aliphatic carbocycles. The number of carboxylic acid groups (broad SMARTS) is 1. The SMILES string of the molecule is Cc1ccccc1-c1cc(C(F)(F)F)c(N)cc1OCC(=O)O. The molecular weight excluding hydrogens is 311 g/mol. The van der Waals surface area contributed by atoms with E-state index >= 15 is 0 Å². The third-order valence-corrected chi connectivity index (χ3v) is 3.24. The molecule has 2 aromatic carbocycles. The molecule has 2 aromatic rings. The van der Waals surface area contributed by atoms with Crippen LogP contribution >= 0.6 is 0 Å². The zero-order valence-corrected chi connectivity index (χ0v) is 12.1. The Balaban J connectivity index is 2.64. The molecule has 0 atom stereocenters. The Morgan fingerprint density at radius 3 is 2.43 bits per heavy atom. The number of rotatable bonds is 4. The van der Waals surface area contributed by atoms with E-state index in [-0.39, 0.29) is 11.3 Å². The molecule has 0 saturated heterocycles. The molecule has 0 saturated carbocycles. The summed E-state index contributed by atoms with van der Waals surface area (Å²) in [6.45, 7) is 1.06. The maximum atomic E-state index is 13.1. The van der Waals surface area contributed by atoms with Gasteiger partial charge in [-0.15, -0.1) is 0 Å². The molecule has 122 valence electrons. The second kappa shape index (κ2) is 6.20. The first-order chi connectivity index (χ1) is 10.7. The normalized spacial score (nSPS) is 11.3. The number of hydrogen-bond donors (Lipinski definition) is 2. The number of aliphatic carboxylic acids is 1. The fourth-order valence-electron chi connectivity index (χ4n) is 2.19. The van der Waals surface area contributed by atoms with E-state index in [1.807, 2.05) is 0 Å².